The predicted octanol–water partition coefficient (Wildman–Crippen LogP) is 5.86. The summed E-state index contributed by atoms with van der Waals surface area (Å²) in [4.78, 5) is 0. The van der Waals surface area contributed by atoms with Crippen molar-refractivity contribution >= 4 is 23.2 Å². The number of hydrogen-bond donors (Lipinski definition) is 1. The van der Waals surface area contributed by atoms with Crippen molar-refractivity contribution in [3.63, 3.8) is 0 Å². The van der Waals surface area contributed by atoms with Crippen molar-refractivity contribution in [3.8, 4) is 5.75 Å². The summed E-state index contributed by atoms with van der Waals surface area (Å²) in [7, 11) is 0. The highest BCUT2D eigenvalue weighted by Gasteiger charge is 2.01. The molecule has 0 aliphatic heterocycles. The van der Waals surface area contributed by atoms with Gasteiger partial charge in [-0.05, 0) is 41.0 Å². The molecule has 3 aromatic carbocycles. The molecule has 3 aromatic rings. The van der Waals surface area contributed by atoms with Crippen molar-refractivity contribution in [2.75, 3.05) is 0 Å². The van der Waals surface area contributed by atoms with Crippen LogP contribution in [0.3, 0.4) is 0 Å². The Bertz CT molecular complexity index is 804. The average Bonchev–Trinajstić information content (AvgIpc) is 2.65. The van der Waals surface area contributed by atoms with E-state index in [0.717, 1.165) is 24.4 Å². The van der Waals surface area contributed by atoms with Gasteiger partial charge >= 0.3 is 0 Å². The molecule has 0 bridgehead atoms. The van der Waals surface area contributed by atoms with Crippen molar-refractivity contribution in [2.24, 2.45) is 0 Å². The summed E-state index contributed by atoms with van der Waals surface area (Å²) in [5.74, 6) is 0.831. The largest absolute Gasteiger partial charge is 0.489 e. The van der Waals surface area contributed by atoms with Gasteiger partial charge in [-0.1, -0.05) is 71.7 Å². The van der Waals surface area contributed by atoms with Crippen LogP contribution in [0.25, 0.3) is 0 Å². The maximum atomic E-state index is 6.01. The second kappa shape index (κ2) is 8.91. The predicted molar refractivity (Wildman–Crippen MR) is 104 cm³/mol. The molecular weight excluding hydrogens is 353 g/mol. The highest BCUT2D eigenvalue weighted by molar-refractivity contribution is 6.42. The number of ether oxygens (including phenoxy) is 1. The van der Waals surface area contributed by atoms with Crippen LogP contribution >= 0.6 is 23.2 Å². The fraction of sp³-hybridized carbons (Fsp3) is 0.143. The quantitative estimate of drug-likeness (QED) is 0.561. The highest BCUT2D eigenvalue weighted by Crippen LogP contribution is 2.23. The minimum Gasteiger partial charge on any atom is -0.489 e. The lowest BCUT2D eigenvalue weighted by molar-refractivity contribution is 0.306. The Labute approximate surface area is 158 Å². The van der Waals surface area contributed by atoms with E-state index in [0.29, 0.717) is 16.7 Å². The molecule has 0 amide bonds. The smallest absolute Gasteiger partial charge is 0.119 e. The third kappa shape index (κ3) is 5.50. The maximum absolute atomic E-state index is 6.01. The van der Waals surface area contributed by atoms with Gasteiger partial charge in [0.25, 0.3) is 0 Å². The van der Waals surface area contributed by atoms with E-state index in [2.05, 4.69) is 41.7 Å². The minimum absolute atomic E-state index is 0.461. The molecule has 0 saturated heterocycles. The number of rotatable bonds is 7. The Kier molecular flexibility index (Phi) is 6.35. The monoisotopic (exact) mass is 371 g/mol. The van der Waals surface area contributed by atoms with E-state index < -0.39 is 0 Å². The van der Waals surface area contributed by atoms with Crippen LogP contribution in [0.4, 0.5) is 0 Å². The molecule has 0 heterocycles. The molecule has 25 heavy (non-hydrogen) atoms. The summed E-state index contributed by atoms with van der Waals surface area (Å²) < 4.78 is 5.79. The molecule has 0 radical (unpaired) electrons. The van der Waals surface area contributed by atoms with Crippen molar-refractivity contribution in [3.05, 3.63) is 99.5 Å². The van der Waals surface area contributed by atoms with Crippen LogP contribution in [0, 0.1) is 0 Å². The van der Waals surface area contributed by atoms with Gasteiger partial charge in [0, 0.05) is 13.1 Å². The second-order valence-electron chi connectivity index (χ2n) is 5.77. The number of nitrogens with one attached hydrogen (secondary N) is 1. The molecule has 0 spiro atoms. The Morgan fingerprint density at radius 3 is 2.00 bits per heavy atom. The Morgan fingerprint density at radius 2 is 1.32 bits per heavy atom. The van der Waals surface area contributed by atoms with Crippen LogP contribution in [0.1, 0.15) is 16.7 Å². The Hall–Kier alpha value is -2.00. The summed E-state index contributed by atoms with van der Waals surface area (Å²) >= 11 is 11.9. The van der Waals surface area contributed by atoms with E-state index in [9.17, 15) is 0 Å². The molecular formula is C21H19Cl2NO. The van der Waals surface area contributed by atoms with Crippen LogP contribution in [0.5, 0.6) is 5.75 Å². The van der Waals surface area contributed by atoms with Crippen molar-refractivity contribution in [2.45, 2.75) is 19.7 Å². The third-order valence-electron chi connectivity index (χ3n) is 3.81. The van der Waals surface area contributed by atoms with Crippen molar-refractivity contribution < 1.29 is 4.74 Å². The number of hydrogen-bond acceptors (Lipinski definition) is 2. The van der Waals surface area contributed by atoms with Crippen molar-refractivity contribution in [1.29, 1.82) is 0 Å². The minimum atomic E-state index is 0.461. The normalized spacial score (nSPS) is 10.6. The summed E-state index contributed by atoms with van der Waals surface area (Å²) in [6, 6.07) is 24.0. The molecule has 128 valence electrons. The van der Waals surface area contributed by atoms with E-state index in [1.807, 2.05) is 30.3 Å². The molecule has 4 heteroatoms. The zero-order chi connectivity index (χ0) is 17.5. The third-order valence-corrected chi connectivity index (χ3v) is 4.55. The van der Waals surface area contributed by atoms with Crippen LogP contribution in [0.15, 0.2) is 72.8 Å². The van der Waals surface area contributed by atoms with Crippen molar-refractivity contribution in [1.82, 2.24) is 5.32 Å². The molecule has 0 unspecified atom stereocenters. The lowest BCUT2D eigenvalue weighted by Crippen LogP contribution is -2.12. The molecule has 0 aliphatic rings. The van der Waals surface area contributed by atoms with Gasteiger partial charge in [0.15, 0.2) is 0 Å². The molecule has 1 N–H and O–H groups in total. The molecule has 2 nitrogen and oxygen atoms in total. The number of halogens is 2. The Morgan fingerprint density at radius 1 is 0.680 bits per heavy atom. The van der Waals surface area contributed by atoms with E-state index >= 15 is 0 Å². The molecule has 0 aromatic heterocycles. The van der Waals surface area contributed by atoms with E-state index in [1.165, 1.54) is 11.1 Å². The first kappa shape index (κ1) is 17.8. The molecule has 3 rings (SSSR count). The first-order valence-corrected chi connectivity index (χ1v) is 8.86. The van der Waals surface area contributed by atoms with Gasteiger partial charge in [-0.15, -0.1) is 0 Å². The second-order valence-corrected chi connectivity index (χ2v) is 6.58. The van der Waals surface area contributed by atoms with Gasteiger partial charge in [0.2, 0.25) is 0 Å². The van der Waals surface area contributed by atoms with Gasteiger partial charge in [0.05, 0.1) is 10.0 Å². The molecule has 0 fully saturated rings. The van der Waals surface area contributed by atoms with Gasteiger partial charge in [-0.2, -0.15) is 0 Å². The van der Waals surface area contributed by atoms with Gasteiger partial charge in [0.1, 0.15) is 12.4 Å². The first-order chi connectivity index (χ1) is 12.2. The summed E-state index contributed by atoms with van der Waals surface area (Å²) in [6.45, 7) is 2.14. The van der Waals surface area contributed by atoms with Crippen LogP contribution in [-0.2, 0) is 19.7 Å². The maximum Gasteiger partial charge on any atom is 0.119 e. The lowest BCUT2D eigenvalue weighted by Gasteiger charge is -2.09. The molecule has 0 aliphatic carbocycles. The average molecular weight is 372 g/mol. The molecule has 0 saturated carbocycles. The van der Waals surface area contributed by atoms with Gasteiger partial charge in [-0.3, -0.25) is 0 Å². The summed E-state index contributed by atoms with van der Waals surface area (Å²) in [6.07, 6.45) is 0. The van der Waals surface area contributed by atoms with Crippen LogP contribution in [0.2, 0.25) is 10.0 Å². The fourth-order valence-electron chi connectivity index (χ4n) is 2.45. The molecule has 0 atom stereocenters. The van der Waals surface area contributed by atoms with Crippen LogP contribution in [-0.4, -0.2) is 0 Å². The fourth-order valence-corrected chi connectivity index (χ4v) is 2.77. The highest BCUT2D eigenvalue weighted by atomic mass is 35.5. The van der Waals surface area contributed by atoms with Crippen LogP contribution < -0.4 is 10.1 Å². The summed E-state index contributed by atoms with van der Waals surface area (Å²) in [5, 5.41) is 4.54. The standard InChI is InChI=1S/C21H19Cl2NO/c22-20-11-8-18(12-21(20)23)15-25-19-9-6-17(7-10-19)14-24-13-16-4-2-1-3-5-16/h1-12,24H,13-15H2. The topological polar surface area (TPSA) is 21.3 Å². The van der Waals surface area contributed by atoms with Gasteiger partial charge < -0.3 is 10.1 Å². The van der Waals surface area contributed by atoms with Gasteiger partial charge in [-0.25, -0.2) is 0 Å². The zero-order valence-corrected chi connectivity index (χ0v) is 15.2. The van der Waals surface area contributed by atoms with E-state index in [1.54, 1.807) is 6.07 Å². The first-order valence-electron chi connectivity index (χ1n) is 8.11. The zero-order valence-electron chi connectivity index (χ0n) is 13.7. The Balaban J connectivity index is 1.47. The number of benzene rings is 3. The SMILES string of the molecule is Clc1ccc(COc2ccc(CNCc3ccccc3)cc2)cc1Cl. The van der Waals surface area contributed by atoms with E-state index in [4.69, 9.17) is 27.9 Å². The van der Waals surface area contributed by atoms with E-state index in [-0.39, 0.29) is 0 Å². The lowest BCUT2D eigenvalue weighted by atomic mass is 10.2. The summed E-state index contributed by atoms with van der Waals surface area (Å²) in [5.41, 5.74) is 3.49.